The Labute approximate surface area is 116 Å². The lowest BCUT2D eigenvalue weighted by molar-refractivity contribution is -0.130. The van der Waals surface area contributed by atoms with E-state index >= 15 is 0 Å². The second-order valence-electron chi connectivity index (χ2n) is 4.22. The summed E-state index contributed by atoms with van der Waals surface area (Å²) in [6.07, 6.45) is 1.72. The highest BCUT2D eigenvalue weighted by atomic mass is 16.6. The van der Waals surface area contributed by atoms with Crippen LogP contribution in [-0.2, 0) is 9.53 Å². The molecule has 2 aromatic rings. The Morgan fingerprint density at radius 2 is 1.60 bits per heavy atom. The average Bonchev–Trinajstić information content (AvgIpc) is 2.88. The summed E-state index contributed by atoms with van der Waals surface area (Å²) < 4.78 is 5.14. The first kappa shape index (κ1) is 12.2. The van der Waals surface area contributed by atoms with Crippen LogP contribution in [0.5, 0.6) is 0 Å². The van der Waals surface area contributed by atoms with Crippen molar-refractivity contribution in [2.75, 3.05) is 0 Å². The summed E-state index contributed by atoms with van der Waals surface area (Å²) in [5.74, 6) is -0.157. The number of carbonyl (C=O) groups is 1. The normalized spacial score (nSPS) is 13.5. The average molecular weight is 261 g/mol. The maximum absolute atomic E-state index is 11.7. The number of hydrogen-bond acceptors (Lipinski definition) is 3. The Morgan fingerprint density at radius 3 is 2.30 bits per heavy atom. The minimum Gasteiger partial charge on any atom is -0.402 e. The number of esters is 1. The standard InChI is InChI=1S/C17H11NO2/c19-17-15(12-11-13-7-3-1-4-8-13)18-16(20-17)14-9-5-2-6-10-14/h1-11H. The molecule has 0 radical (unpaired) electrons. The van der Waals surface area contributed by atoms with E-state index in [0.29, 0.717) is 5.90 Å². The zero-order valence-electron chi connectivity index (χ0n) is 10.6. The predicted octanol–water partition coefficient (Wildman–Crippen LogP) is 3.19. The molecule has 0 unspecified atom stereocenters. The highest BCUT2D eigenvalue weighted by Crippen LogP contribution is 2.15. The number of rotatable bonds is 2. The van der Waals surface area contributed by atoms with E-state index in [1.165, 1.54) is 0 Å². The second-order valence-corrected chi connectivity index (χ2v) is 4.22. The minimum atomic E-state index is -0.476. The van der Waals surface area contributed by atoms with E-state index < -0.39 is 5.97 Å². The molecule has 0 atom stereocenters. The minimum absolute atomic E-state index is 0.188. The Kier molecular flexibility index (Phi) is 3.27. The number of carbonyl (C=O) groups excluding carboxylic acids is 1. The molecule has 96 valence electrons. The molecule has 3 rings (SSSR count). The van der Waals surface area contributed by atoms with Crippen molar-refractivity contribution in [2.45, 2.75) is 0 Å². The number of nitrogens with zero attached hydrogens (tertiary/aromatic N) is 1. The van der Waals surface area contributed by atoms with Gasteiger partial charge in [0.2, 0.25) is 5.90 Å². The van der Waals surface area contributed by atoms with Crippen LogP contribution in [-0.4, -0.2) is 11.9 Å². The summed E-state index contributed by atoms with van der Waals surface area (Å²) in [6, 6.07) is 18.9. The lowest BCUT2D eigenvalue weighted by Gasteiger charge is -1.96. The Bertz CT molecular complexity index is 724. The van der Waals surface area contributed by atoms with Crippen LogP contribution < -0.4 is 0 Å². The third kappa shape index (κ3) is 2.58. The van der Waals surface area contributed by atoms with Gasteiger partial charge in [-0.2, -0.15) is 4.99 Å². The fourth-order valence-electron chi connectivity index (χ4n) is 1.80. The molecule has 1 aliphatic heterocycles. The van der Waals surface area contributed by atoms with E-state index in [1.807, 2.05) is 60.7 Å². The Morgan fingerprint density at radius 1 is 0.950 bits per heavy atom. The predicted molar refractivity (Wildman–Crippen MR) is 77.0 cm³/mol. The number of cyclic esters (lactones) is 1. The summed E-state index contributed by atoms with van der Waals surface area (Å²) in [5, 5.41) is 0. The molecule has 0 amide bonds. The molecule has 0 N–H and O–H groups in total. The highest BCUT2D eigenvalue weighted by molar-refractivity contribution is 6.11. The maximum atomic E-state index is 11.7. The van der Waals surface area contributed by atoms with Crippen LogP contribution in [0.15, 0.2) is 77.1 Å². The van der Waals surface area contributed by atoms with Gasteiger partial charge in [-0.05, 0) is 23.8 Å². The third-order valence-electron chi connectivity index (χ3n) is 2.79. The molecule has 1 heterocycles. The van der Waals surface area contributed by atoms with E-state index in [4.69, 9.17) is 4.74 Å². The van der Waals surface area contributed by atoms with Crippen LogP contribution in [0.3, 0.4) is 0 Å². The largest absolute Gasteiger partial charge is 0.402 e. The van der Waals surface area contributed by atoms with E-state index in [2.05, 4.69) is 10.7 Å². The molecule has 20 heavy (non-hydrogen) atoms. The molecule has 3 heteroatoms. The van der Waals surface area contributed by atoms with Crippen LogP contribution in [0.4, 0.5) is 0 Å². The van der Waals surface area contributed by atoms with E-state index in [-0.39, 0.29) is 5.70 Å². The zero-order valence-corrected chi connectivity index (χ0v) is 10.6. The van der Waals surface area contributed by atoms with Crippen LogP contribution in [0.2, 0.25) is 0 Å². The molecule has 3 nitrogen and oxygen atoms in total. The monoisotopic (exact) mass is 261 g/mol. The quantitative estimate of drug-likeness (QED) is 0.473. The van der Waals surface area contributed by atoms with Gasteiger partial charge in [-0.1, -0.05) is 54.3 Å². The Balaban J connectivity index is 1.93. The van der Waals surface area contributed by atoms with Gasteiger partial charge < -0.3 is 4.74 Å². The van der Waals surface area contributed by atoms with Gasteiger partial charge in [-0.3, -0.25) is 0 Å². The fraction of sp³-hybridized carbons (Fsp3) is 0. The van der Waals surface area contributed by atoms with Gasteiger partial charge in [-0.15, -0.1) is 0 Å². The highest BCUT2D eigenvalue weighted by Gasteiger charge is 2.23. The SMILES string of the molecule is O=C1OC(c2ccccc2)=NC1=C=Cc1ccccc1. The molecule has 0 saturated carbocycles. The van der Waals surface area contributed by atoms with Crippen molar-refractivity contribution in [3.05, 3.63) is 83.2 Å². The van der Waals surface area contributed by atoms with Gasteiger partial charge >= 0.3 is 5.97 Å². The molecule has 0 saturated heterocycles. The van der Waals surface area contributed by atoms with Gasteiger partial charge in [0.15, 0.2) is 5.70 Å². The van der Waals surface area contributed by atoms with Crippen molar-refractivity contribution in [1.82, 2.24) is 0 Å². The van der Waals surface area contributed by atoms with Gasteiger partial charge in [0.1, 0.15) is 0 Å². The van der Waals surface area contributed by atoms with Crippen molar-refractivity contribution in [2.24, 2.45) is 4.99 Å². The van der Waals surface area contributed by atoms with Crippen molar-refractivity contribution in [3.63, 3.8) is 0 Å². The fourth-order valence-corrected chi connectivity index (χ4v) is 1.80. The number of benzene rings is 2. The van der Waals surface area contributed by atoms with E-state index in [9.17, 15) is 4.79 Å². The first-order chi connectivity index (χ1) is 9.83. The van der Waals surface area contributed by atoms with Crippen LogP contribution in [0, 0.1) is 0 Å². The van der Waals surface area contributed by atoms with Crippen molar-refractivity contribution >= 4 is 17.9 Å². The molecule has 0 bridgehead atoms. The molecule has 0 spiro atoms. The molecule has 0 fully saturated rings. The maximum Gasteiger partial charge on any atom is 0.371 e. The molecule has 1 aliphatic rings. The summed E-state index contributed by atoms with van der Waals surface area (Å²) in [4.78, 5) is 15.9. The summed E-state index contributed by atoms with van der Waals surface area (Å²) in [7, 11) is 0. The summed E-state index contributed by atoms with van der Waals surface area (Å²) >= 11 is 0. The smallest absolute Gasteiger partial charge is 0.371 e. The summed E-state index contributed by atoms with van der Waals surface area (Å²) in [5.41, 5.74) is 4.79. The van der Waals surface area contributed by atoms with Crippen molar-refractivity contribution < 1.29 is 9.53 Å². The lowest BCUT2D eigenvalue weighted by atomic mass is 10.2. The molecule has 2 aromatic carbocycles. The van der Waals surface area contributed by atoms with Crippen molar-refractivity contribution in [1.29, 1.82) is 0 Å². The molecule has 0 aromatic heterocycles. The van der Waals surface area contributed by atoms with Gasteiger partial charge in [0.05, 0.1) is 0 Å². The summed E-state index contributed by atoms with van der Waals surface area (Å²) in [6.45, 7) is 0. The Hall–Kier alpha value is -2.90. The second kappa shape index (κ2) is 5.39. The van der Waals surface area contributed by atoms with Gasteiger partial charge in [-0.25, -0.2) is 4.79 Å². The third-order valence-corrected chi connectivity index (χ3v) is 2.79. The number of aliphatic imine (C=N–C) groups is 1. The first-order valence-corrected chi connectivity index (χ1v) is 6.21. The van der Waals surface area contributed by atoms with Gasteiger partial charge in [0.25, 0.3) is 0 Å². The van der Waals surface area contributed by atoms with Crippen LogP contribution in [0.1, 0.15) is 11.1 Å². The molecule has 0 aliphatic carbocycles. The first-order valence-electron chi connectivity index (χ1n) is 6.21. The van der Waals surface area contributed by atoms with E-state index in [0.717, 1.165) is 11.1 Å². The zero-order chi connectivity index (χ0) is 13.8. The van der Waals surface area contributed by atoms with Crippen LogP contribution >= 0.6 is 0 Å². The molecular weight excluding hydrogens is 250 g/mol. The number of hydrogen-bond donors (Lipinski definition) is 0. The molecular formula is C17H11NO2. The van der Waals surface area contributed by atoms with Crippen molar-refractivity contribution in [3.8, 4) is 0 Å². The van der Waals surface area contributed by atoms with Crippen LogP contribution in [0.25, 0.3) is 6.08 Å². The lowest BCUT2D eigenvalue weighted by Crippen LogP contribution is -2.04. The van der Waals surface area contributed by atoms with Gasteiger partial charge in [0, 0.05) is 5.56 Å². The topological polar surface area (TPSA) is 38.7 Å². The number of ether oxygens (including phenoxy) is 1. The van der Waals surface area contributed by atoms with E-state index in [1.54, 1.807) is 6.08 Å².